The van der Waals surface area contributed by atoms with E-state index >= 15 is 0 Å². The van der Waals surface area contributed by atoms with Gasteiger partial charge in [-0.2, -0.15) is 0 Å². The molecule has 0 atom stereocenters. The van der Waals surface area contributed by atoms with E-state index in [-0.39, 0.29) is 11.4 Å². The summed E-state index contributed by atoms with van der Waals surface area (Å²) in [5.41, 5.74) is 5.83. The minimum absolute atomic E-state index is 0.221. The van der Waals surface area contributed by atoms with Gasteiger partial charge in [-0.3, -0.25) is 4.79 Å². The second-order valence-corrected chi connectivity index (χ2v) is 9.14. The highest BCUT2D eigenvalue weighted by Gasteiger charge is 2.32. The Labute approximate surface area is 194 Å². The van der Waals surface area contributed by atoms with Crippen molar-refractivity contribution in [1.29, 1.82) is 0 Å². The van der Waals surface area contributed by atoms with Crippen LogP contribution in [0.15, 0.2) is 84.4 Å². The van der Waals surface area contributed by atoms with Gasteiger partial charge in [0.05, 0.1) is 11.3 Å². The highest BCUT2D eigenvalue weighted by atomic mass is 32.1. The lowest BCUT2D eigenvalue weighted by Crippen LogP contribution is -2.45. The van der Waals surface area contributed by atoms with Crippen LogP contribution < -0.4 is 16.0 Å². The number of thiocarbonyl (C=S) groups is 1. The topological polar surface area (TPSA) is 53.2 Å². The van der Waals surface area contributed by atoms with Crippen LogP contribution in [-0.2, 0) is 11.2 Å². The standard InChI is InChI=1S/C27H27N3OS/c1-18-13-15-21(16-14-18)28-25(31)23(26(32)29-20-10-5-4-6-11-20)24-22-12-8-7-9-19(22)17-27(2,3)30-24/h4-16,30H,17H2,1-3H3,(H,28,31)(H,29,32)/b24-23-. The summed E-state index contributed by atoms with van der Waals surface area (Å²) in [6.45, 7) is 6.28. The Bertz CT molecular complexity index is 1180. The van der Waals surface area contributed by atoms with E-state index < -0.39 is 0 Å². The molecule has 3 aromatic carbocycles. The molecular weight excluding hydrogens is 414 g/mol. The molecule has 0 spiro atoms. The van der Waals surface area contributed by atoms with E-state index in [1.807, 2.05) is 79.7 Å². The van der Waals surface area contributed by atoms with Gasteiger partial charge in [0.15, 0.2) is 0 Å². The van der Waals surface area contributed by atoms with Crippen molar-refractivity contribution >= 4 is 40.2 Å². The number of anilines is 2. The Balaban J connectivity index is 1.80. The van der Waals surface area contributed by atoms with Gasteiger partial charge in [-0.15, -0.1) is 0 Å². The fraction of sp³-hybridized carbons (Fsp3) is 0.185. The number of hydrogen-bond donors (Lipinski definition) is 3. The highest BCUT2D eigenvalue weighted by Crippen LogP contribution is 2.32. The van der Waals surface area contributed by atoms with Crippen molar-refractivity contribution in [2.75, 3.05) is 10.6 Å². The van der Waals surface area contributed by atoms with Crippen molar-refractivity contribution in [2.45, 2.75) is 32.7 Å². The quantitative estimate of drug-likeness (QED) is 0.359. The number of carbonyl (C=O) groups is 1. The van der Waals surface area contributed by atoms with E-state index in [1.54, 1.807) is 0 Å². The van der Waals surface area contributed by atoms with Crippen LogP contribution in [-0.4, -0.2) is 16.4 Å². The van der Waals surface area contributed by atoms with E-state index in [0.717, 1.165) is 34.6 Å². The molecule has 3 aromatic rings. The average molecular weight is 442 g/mol. The summed E-state index contributed by atoms with van der Waals surface area (Å²) in [7, 11) is 0. The van der Waals surface area contributed by atoms with Crippen molar-refractivity contribution < 1.29 is 4.79 Å². The number of fused-ring (bicyclic) bond motifs is 1. The highest BCUT2D eigenvalue weighted by molar-refractivity contribution is 7.81. The summed E-state index contributed by atoms with van der Waals surface area (Å²) in [4.78, 5) is 14.0. The largest absolute Gasteiger partial charge is 0.379 e. The summed E-state index contributed by atoms with van der Waals surface area (Å²) in [6.07, 6.45) is 0.860. The maximum Gasteiger partial charge on any atom is 0.260 e. The minimum atomic E-state index is -0.253. The second-order valence-electron chi connectivity index (χ2n) is 8.73. The molecule has 3 N–H and O–H groups in total. The summed E-state index contributed by atoms with van der Waals surface area (Å²) in [5, 5.41) is 9.86. The molecule has 1 heterocycles. The number of carbonyl (C=O) groups excluding carboxylic acids is 1. The number of amides is 1. The average Bonchev–Trinajstić information content (AvgIpc) is 2.75. The summed E-state index contributed by atoms with van der Waals surface area (Å²) in [6, 6.07) is 25.6. The van der Waals surface area contributed by atoms with Crippen molar-refractivity contribution in [3.63, 3.8) is 0 Å². The van der Waals surface area contributed by atoms with E-state index in [0.29, 0.717) is 10.6 Å². The molecule has 4 nitrogen and oxygen atoms in total. The first-order chi connectivity index (χ1) is 15.3. The second kappa shape index (κ2) is 8.97. The molecule has 0 aliphatic carbocycles. The van der Waals surface area contributed by atoms with E-state index in [2.05, 4.69) is 35.9 Å². The van der Waals surface area contributed by atoms with Crippen molar-refractivity contribution in [3.05, 3.63) is 101 Å². The third-order valence-electron chi connectivity index (χ3n) is 5.43. The van der Waals surface area contributed by atoms with Crippen LogP contribution in [0.4, 0.5) is 11.4 Å². The lowest BCUT2D eigenvalue weighted by molar-refractivity contribution is -0.112. The number of nitrogens with one attached hydrogen (secondary N) is 3. The third-order valence-corrected chi connectivity index (χ3v) is 5.73. The molecule has 162 valence electrons. The van der Waals surface area contributed by atoms with Crippen LogP contribution in [0.25, 0.3) is 5.70 Å². The van der Waals surface area contributed by atoms with Crippen molar-refractivity contribution in [3.8, 4) is 0 Å². The normalized spacial score (nSPS) is 15.7. The first-order valence-corrected chi connectivity index (χ1v) is 11.1. The van der Waals surface area contributed by atoms with Crippen LogP contribution in [0.1, 0.15) is 30.5 Å². The Morgan fingerprint density at radius 2 is 1.50 bits per heavy atom. The zero-order valence-corrected chi connectivity index (χ0v) is 19.3. The summed E-state index contributed by atoms with van der Waals surface area (Å²) < 4.78 is 0. The van der Waals surface area contributed by atoms with Gasteiger partial charge in [-0.1, -0.05) is 72.4 Å². The molecule has 1 aliphatic heterocycles. The Morgan fingerprint density at radius 3 is 2.22 bits per heavy atom. The lowest BCUT2D eigenvalue weighted by atomic mass is 9.84. The molecule has 32 heavy (non-hydrogen) atoms. The molecule has 1 amide bonds. The monoisotopic (exact) mass is 441 g/mol. The van der Waals surface area contributed by atoms with Crippen LogP contribution in [0.2, 0.25) is 0 Å². The van der Waals surface area contributed by atoms with Gasteiger partial charge < -0.3 is 16.0 Å². The van der Waals surface area contributed by atoms with E-state index in [1.165, 1.54) is 5.56 Å². The van der Waals surface area contributed by atoms with Crippen molar-refractivity contribution in [1.82, 2.24) is 5.32 Å². The molecule has 0 saturated carbocycles. The Hall–Kier alpha value is -3.44. The van der Waals surface area contributed by atoms with Crippen molar-refractivity contribution in [2.24, 2.45) is 0 Å². The molecule has 0 bridgehead atoms. The first kappa shape index (κ1) is 21.8. The maximum atomic E-state index is 13.6. The fourth-order valence-electron chi connectivity index (χ4n) is 3.92. The van der Waals surface area contributed by atoms with Crippen LogP contribution in [0, 0.1) is 6.92 Å². The zero-order valence-electron chi connectivity index (χ0n) is 18.5. The number of aryl methyl sites for hydroxylation is 1. The van der Waals surface area contributed by atoms with E-state index in [4.69, 9.17) is 12.2 Å². The van der Waals surface area contributed by atoms with Gasteiger partial charge in [-0.25, -0.2) is 0 Å². The molecule has 0 saturated heterocycles. The summed E-state index contributed by atoms with van der Waals surface area (Å²) in [5.74, 6) is -0.253. The van der Waals surface area contributed by atoms with Crippen LogP contribution >= 0.6 is 12.2 Å². The SMILES string of the molecule is Cc1ccc(NC(=O)/C(C(=S)Nc2ccccc2)=C2/NC(C)(C)Cc3ccccc32)cc1. The Morgan fingerprint density at radius 1 is 0.875 bits per heavy atom. The van der Waals surface area contributed by atoms with Gasteiger partial charge >= 0.3 is 0 Å². The molecule has 0 unspecified atom stereocenters. The number of rotatable bonds is 4. The molecule has 1 aliphatic rings. The maximum absolute atomic E-state index is 13.6. The number of hydrogen-bond acceptors (Lipinski definition) is 3. The number of benzene rings is 3. The predicted octanol–water partition coefficient (Wildman–Crippen LogP) is 5.71. The van der Waals surface area contributed by atoms with Gasteiger partial charge in [0.2, 0.25) is 0 Å². The van der Waals surface area contributed by atoms with Gasteiger partial charge in [-0.05, 0) is 57.0 Å². The molecule has 0 fully saturated rings. The minimum Gasteiger partial charge on any atom is -0.379 e. The van der Waals surface area contributed by atoms with Gasteiger partial charge in [0.1, 0.15) is 4.99 Å². The molecular formula is C27H27N3OS. The molecule has 0 radical (unpaired) electrons. The predicted molar refractivity (Wildman–Crippen MR) is 137 cm³/mol. The molecule has 4 rings (SSSR count). The fourth-order valence-corrected chi connectivity index (χ4v) is 4.23. The third kappa shape index (κ3) is 4.89. The van der Waals surface area contributed by atoms with Crippen LogP contribution in [0.3, 0.4) is 0 Å². The Kier molecular flexibility index (Phi) is 6.10. The zero-order chi connectivity index (χ0) is 22.7. The van der Waals surface area contributed by atoms with E-state index in [9.17, 15) is 4.79 Å². The molecule has 0 aromatic heterocycles. The first-order valence-electron chi connectivity index (χ1n) is 10.7. The van der Waals surface area contributed by atoms with Gasteiger partial charge in [0.25, 0.3) is 5.91 Å². The number of para-hydroxylation sites is 1. The molecule has 5 heteroatoms. The van der Waals surface area contributed by atoms with Crippen LogP contribution in [0.5, 0.6) is 0 Å². The smallest absolute Gasteiger partial charge is 0.260 e. The lowest BCUT2D eigenvalue weighted by Gasteiger charge is -2.36. The summed E-state index contributed by atoms with van der Waals surface area (Å²) >= 11 is 5.79. The van der Waals surface area contributed by atoms with Gasteiger partial charge in [0, 0.05) is 22.5 Å².